The molecule has 1 aromatic rings. The predicted molar refractivity (Wildman–Crippen MR) is 45.5 cm³/mol. The molecule has 0 spiro atoms. The van der Waals surface area contributed by atoms with Crippen molar-refractivity contribution in [2.24, 2.45) is 0 Å². The van der Waals surface area contributed by atoms with Crippen molar-refractivity contribution in [2.45, 2.75) is 26.4 Å². The monoisotopic (exact) mass is 184 g/mol. The minimum Gasteiger partial charge on any atom is -0.505 e. The van der Waals surface area contributed by atoms with E-state index in [1.807, 2.05) is 0 Å². The molecular weight excluding hydrogens is 172 g/mol. The minimum atomic E-state index is -0.576. The van der Waals surface area contributed by atoms with Gasteiger partial charge in [0.2, 0.25) is 5.76 Å². The fourth-order valence-electron chi connectivity index (χ4n) is 0.762. The van der Waals surface area contributed by atoms with Gasteiger partial charge in [-0.2, -0.15) is 0 Å². The van der Waals surface area contributed by atoms with Crippen molar-refractivity contribution in [3.05, 3.63) is 18.1 Å². The maximum absolute atomic E-state index is 11.2. The summed E-state index contributed by atoms with van der Waals surface area (Å²) in [4.78, 5) is 11.2. The molecule has 1 aromatic heterocycles. The molecule has 0 amide bonds. The largest absolute Gasteiger partial charge is 0.505 e. The van der Waals surface area contributed by atoms with Gasteiger partial charge in [0.25, 0.3) is 0 Å². The smallest absolute Gasteiger partial charge is 0.374 e. The van der Waals surface area contributed by atoms with Crippen molar-refractivity contribution in [1.82, 2.24) is 0 Å². The number of esters is 1. The highest BCUT2D eigenvalue weighted by Crippen LogP contribution is 2.17. The molecule has 4 nitrogen and oxygen atoms in total. The van der Waals surface area contributed by atoms with Crippen LogP contribution in [0, 0.1) is 0 Å². The Kier molecular flexibility index (Phi) is 2.32. The summed E-state index contributed by atoms with van der Waals surface area (Å²) >= 11 is 0. The summed E-state index contributed by atoms with van der Waals surface area (Å²) < 4.78 is 9.74. The van der Waals surface area contributed by atoms with Crippen LogP contribution in [0.2, 0.25) is 0 Å². The van der Waals surface area contributed by atoms with E-state index in [-0.39, 0.29) is 11.5 Å². The van der Waals surface area contributed by atoms with Crippen LogP contribution in [0.4, 0.5) is 0 Å². The molecule has 0 aromatic carbocycles. The zero-order chi connectivity index (χ0) is 10.1. The first-order valence-electron chi connectivity index (χ1n) is 3.89. The summed E-state index contributed by atoms with van der Waals surface area (Å²) in [7, 11) is 0. The highest BCUT2D eigenvalue weighted by Gasteiger charge is 2.20. The zero-order valence-corrected chi connectivity index (χ0v) is 7.83. The average Bonchev–Trinajstić information content (AvgIpc) is 2.31. The fraction of sp³-hybridized carbons (Fsp3) is 0.444. The maximum Gasteiger partial charge on any atom is 0.374 e. The number of ether oxygens (including phenoxy) is 1. The van der Waals surface area contributed by atoms with Crippen LogP contribution in [0.25, 0.3) is 0 Å². The van der Waals surface area contributed by atoms with Gasteiger partial charge >= 0.3 is 5.97 Å². The molecule has 0 bridgehead atoms. The van der Waals surface area contributed by atoms with Gasteiger partial charge in [-0.05, 0) is 20.8 Å². The van der Waals surface area contributed by atoms with Gasteiger partial charge in [0.05, 0.1) is 0 Å². The highest BCUT2D eigenvalue weighted by atomic mass is 16.6. The third-order valence-corrected chi connectivity index (χ3v) is 1.19. The van der Waals surface area contributed by atoms with Gasteiger partial charge in [-0.3, -0.25) is 0 Å². The Morgan fingerprint density at radius 1 is 1.54 bits per heavy atom. The van der Waals surface area contributed by atoms with Crippen molar-refractivity contribution >= 4 is 5.97 Å². The molecule has 0 unspecified atom stereocenters. The molecule has 1 rings (SSSR count). The Morgan fingerprint density at radius 2 is 2.15 bits per heavy atom. The molecule has 4 heteroatoms. The molecule has 0 aliphatic carbocycles. The van der Waals surface area contributed by atoms with E-state index >= 15 is 0 Å². The van der Waals surface area contributed by atoms with Crippen molar-refractivity contribution in [3.8, 4) is 5.75 Å². The van der Waals surface area contributed by atoms with E-state index in [0.717, 1.165) is 6.26 Å². The Hall–Kier alpha value is -1.45. The normalized spacial score (nSPS) is 11.3. The summed E-state index contributed by atoms with van der Waals surface area (Å²) in [5.41, 5.74) is -0.556. The van der Waals surface area contributed by atoms with Gasteiger partial charge in [-0.1, -0.05) is 0 Å². The fourth-order valence-corrected chi connectivity index (χ4v) is 0.762. The van der Waals surface area contributed by atoms with Crippen LogP contribution in [-0.2, 0) is 4.74 Å². The molecule has 1 N–H and O–H groups in total. The van der Waals surface area contributed by atoms with Crippen molar-refractivity contribution < 1.29 is 19.1 Å². The predicted octanol–water partition coefficient (Wildman–Crippen LogP) is 1.94. The van der Waals surface area contributed by atoms with Gasteiger partial charge < -0.3 is 14.3 Å². The molecule has 13 heavy (non-hydrogen) atoms. The van der Waals surface area contributed by atoms with Gasteiger partial charge in [-0.15, -0.1) is 0 Å². The summed E-state index contributed by atoms with van der Waals surface area (Å²) in [6, 6.07) is 1.22. The molecule has 0 aliphatic heterocycles. The summed E-state index contributed by atoms with van der Waals surface area (Å²) in [6.07, 6.45) is 1.08. The quantitative estimate of drug-likeness (QED) is 0.677. The summed E-state index contributed by atoms with van der Waals surface area (Å²) in [5.74, 6) is -0.652. The number of hydrogen-bond donors (Lipinski definition) is 1. The highest BCUT2D eigenvalue weighted by molar-refractivity contribution is 5.87. The standard InChI is InChI=1S/C9H12O4/c1-9(2,3)13-8(11)7-4-6(10)5-12-7/h4-5,10H,1-3H3. The first kappa shape index (κ1) is 9.64. The first-order chi connectivity index (χ1) is 5.88. The zero-order valence-electron chi connectivity index (χ0n) is 7.83. The number of furan rings is 1. The second kappa shape index (κ2) is 3.12. The topological polar surface area (TPSA) is 59.7 Å². The van der Waals surface area contributed by atoms with Crippen LogP contribution in [0.3, 0.4) is 0 Å². The third kappa shape index (κ3) is 2.82. The molecule has 0 saturated carbocycles. The van der Waals surface area contributed by atoms with Crippen LogP contribution in [0.5, 0.6) is 5.75 Å². The van der Waals surface area contributed by atoms with Gasteiger partial charge in [-0.25, -0.2) is 4.79 Å². The van der Waals surface area contributed by atoms with Gasteiger partial charge in [0.15, 0.2) is 5.75 Å². The van der Waals surface area contributed by atoms with E-state index < -0.39 is 11.6 Å². The lowest BCUT2D eigenvalue weighted by atomic mass is 10.2. The Bertz CT molecular complexity index is 306. The lowest BCUT2D eigenvalue weighted by Crippen LogP contribution is -2.23. The van der Waals surface area contributed by atoms with E-state index in [2.05, 4.69) is 0 Å². The summed E-state index contributed by atoms with van der Waals surface area (Å²) in [5, 5.41) is 8.90. The number of rotatable bonds is 1. The Balaban J connectivity index is 2.70. The number of carbonyl (C=O) groups excluding carboxylic acids is 1. The second-order valence-corrected chi connectivity index (χ2v) is 3.67. The lowest BCUT2D eigenvalue weighted by Gasteiger charge is -2.18. The molecule has 0 fully saturated rings. The van der Waals surface area contributed by atoms with Crippen molar-refractivity contribution in [3.63, 3.8) is 0 Å². The van der Waals surface area contributed by atoms with E-state index in [1.54, 1.807) is 20.8 Å². The molecular formula is C9H12O4. The number of hydrogen-bond acceptors (Lipinski definition) is 4. The summed E-state index contributed by atoms with van der Waals surface area (Å²) in [6.45, 7) is 5.27. The first-order valence-corrected chi connectivity index (χ1v) is 3.89. The van der Waals surface area contributed by atoms with E-state index in [1.165, 1.54) is 6.07 Å². The second-order valence-electron chi connectivity index (χ2n) is 3.67. The van der Waals surface area contributed by atoms with E-state index in [4.69, 9.17) is 14.3 Å². The van der Waals surface area contributed by atoms with Gasteiger partial charge in [0, 0.05) is 6.07 Å². The number of aromatic hydroxyl groups is 1. The lowest BCUT2D eigenvalue weighted by molar-refractivity contribution is 0.00360. The molecule has 0 saturated heterocycles. The van der Waals surface area contributed by atoms with Crippen LogP contribution in [-0.4, -0.2) is 16.7 Å². The van der Waals surface area contributed by atoms with Gasteiger partial charge in [0.1, 0.15) is 11.9 Å². The van der Waals surface area contributed by atoms with Crippen LogP contribution < -0.4 is 0 Å². The minimum absolute atomic E-state index is 0.00688. The van der Waals surface area contributed by atoms with E-state index in [9.17, 15) is 4.79 Å². The van der Waals surface area contributed by atoms with Crippen molar-refractivity contribution in [1.29, 1.82) is 0 Å². The van der Waals surface area contributed by atoms with E-state index in [0.29, 0.717) is 0 Å². The SMILES string of the molecule is CC(C)(C)OC(=O)c1cc(O)co1. The molecule has 1 heterocycles. The molecule has 72 valence electrons. The Morgan fingerprint density at radius 3 is 2.54 bits per heavy atom. The average molecular weight is 184 g/mol. The number of carbonyl (C=O) groups is 1. The molecule has 0 atom stereocenters. The Labute approximate surface area is 76.1 Å². The van der Waals surface area contributed by atoms with Crippen LogP contribution >= 0.6 is 0 Å². The third-order valence-electron chi connectivity index (χ3n) is 1.19. The maximum atomic E-state index is 11.2. The molecule has 0 aliphatic rings. The molecule has 0 radical (unpaired) electrons. The van der Waals surface area contributed by atoms with Crippen molar-refractivity contribution in [2.75, 3.05) is 0 Å². The van der Waals surface area contributed by atoms with Crippen LogP contribution in [0.1, 0.15) is 31.3 Å². The van der Waals surface area contributed by atoms with Crippen LogP contribution in [0.15, 0.2) is 16.7 Å².